The van der Waals surface area contributed by atoms with Crippen LogP contribution >= 0.6 is 0 Å². The van der Waals surface area contributed by atoms with Crippen LogP contribution in [0, 0.1) is 0 Å². The summed E-state index contributed by atoms with van der Waals surface area (Å²) in [6.45, 7) is 0.105. The van der Waals surface area contributed by atoms with Crippen LogP contribution in [0.15, 0.2) is 0 Å². The number of carboxylic acid groups (broad SMARTS) is 1. The van der Waals surface area contributed by atoms with Crippen molar-refractivity contribution in [3.63, 3.8) is 0 Å². The molecule has 0 aliphatic carbocycles. The molecule has 0 amide bonds. The molecule has 1 N–H and O–H groups in total. The first-order chi connectivity index (χ1) is 5.18. The largest absolute Gasteiger partial charge is 0.481 e. The highest BCUT2D eigenvalue weighted by Gasteiger charge is 2.22. The first-order valence-electron chi connectivity index (χ1n) is 3.17. The number of carboxylic acids is 1. The van der Waals surface area contributed by atoms with Gasteiger partial charge in [0.1, 0.15) is 12.7 Å². The Kier molecular flexibility index (Phi) is 2.43. The molecule has 1 atom stereocenters. The van der Waals surface area contributed by atoms with Crippen molar-refractivity contribution in [2.45, 2.75) is 12.5 Å². The highest BCUT2D eigenvalue weighted by Crippen LogP contribution is 2.05. The molecule has 0 spiro atoms. The van der Waals surface area contributed by atoms with Crippen molar-refractivity contribution in [1.29, 1.82) is 0 Å². The summed E-state index contributed by atoms with van der Waals surface area (Å²) in [6.07, 6.45) is -0.806. The number of hydrogen-bond donors (Lipinski definition) is 1. The van der Waals surface area contributed by atoms with Gasteiger partial charge >= 0.3 is 11.9 Å². The molecule has 11 heavy (non-hydrogen) atoms. The number of carbonyl (C=O) groups is 2. The van der Waals surface area contributed by atoms with Gasteiger partial charge in [-0.15, -0.1) is 0 Å². The van der Waals surface area contributed by atoms with Crippen LogP contribution in [0.4, 0.5) is 0 Å². The lowest BCUT2D eigenvalue weighted by molar-refractivity contribution is -0.172. The number of hydrogen-bond acceptors (Lipinski definition) is 4. The van der Waals surface area contributed by atoms with Gasteiger partial charge in [0.05, 0.1) is 13.0 Å². The van der Waals surface area contributed by atoms with Crippen LogP contribution in [0.2, 0.25) is 0 Å². The fourth-order valence-corrected chi connectivity index (χ4v) is 0.823. The van der Waals surface area contributed by atoms with Gasteiger partial charge in [-0.1, -0.05) is 0 Å². The van der Waals surface area contributed by atoms with Crippen molar-refractivity contribution in [2.24, 2.45) is 0 Å². The molecule has 1 fully saturated rings. The Hall–Kier alpha value is -1.10. The van der Waals surface area contributed by atoms with Gasteiger partial charge in [-0.2, -0.15) is 0 Å². The van der Waals surface area contributed by atoms with Crippen LogP contribution in [0.5, 0.6) is 0 Å². The third-order valence-corrected chi connectivity index (χ3v) is 1.22. The van der Waals surface area contributed by atoms with E-state index < -0.39 is 18.0 Å². The van der Waals surface area contributed by atoms with E-state index in [2.05, 4.69) is 4.74 Å². The Morgan fingerprint density at radius 3 is 3.00 bits per heavy atom. The zero-order valence-corrected chi connectivity index (χ0v) is 5.78. The van der Waals surface area contributed by atoms with E-state index in [1.165, 1.54) is 0 Å². The van der Waals surface area contributed by atoms with Crippen LogP contribution in [-0.4, -0.2) is 36.4 Å². The highest BCUT2D eigenvalue weighted by molar-refractivity contribution is 5.73. The quantitative estimate of drug-likeness (QED) is 0.546. The Morgan fingerprint density at radius 2 is 2.45 bits per heavy atom. The second-order valence-electron chi connectivity index (χ2n) is 2.22. The first kappa shape index (κ1) is 8.00. The van der Waals surface area contributed by atoms with Gasteiger partial charge in [0.15, 0.2) is 0 Å². The van der Waals surface area contributed by atoms with Crippen molar-refractivity contribution in [1.82, 2.24) is 0 Å². The highest BCUT2D eigenvalue weighted by atomic mass is 16.6. The molecule has 5 heteroatoms. The van der Waals surface area contributed by atoms with Crippen LogP contribution in [-0.2, 0) is 19.1 Å². The van der Waals surface area contributed by atoms with Crippen molar-refractivity contribution < 1.29 is 24.2 Å². The minimum atomic E-state index is -0.992. The number of aliphatic carboxylic acids is 1. The average Bonchev–Trinajstić information content (AvgIpc) is 1.85. The Labute approximate surface area is 62.9 Å². The predicted octanol–water partition coefficient (Wildman–Crippen LogP) is -0.597. The second kappa shape index (κ2) is 3.34. The molecule has 1 unspecified atom stereocenters. The van der Waals surface area contributed by atoms with Gasteiger partial charge in [0.2, 0.25) is 0 Å². The van der Waals surface area contributed by atoms with E-state index in [9.17, 15) is 9.59 Å². The summed E-state index contributed by atoms with van der Waals surface area (Å²) >= 11 is 0. The number of rotatable bonds is 2. The standard InChI is InChI=1S/C6H8O5/c7-5(8)1-4-2-10-3-6(9)11-4/h4H,1-3H2,(H,7,8). The van der Waals surface area contributed by atoms with Crippen molar-refractivity contribution in [2.75, 3.05) is 13.2 Å². The summed E-state index contributed by atoms with van der Waals surface area (Å²) in [7, 11) is 0. The molecule has 0 bridgehead atoms. The van der Waals surface area contributed by atoms with E-state index >= 15 is 0 Å². The Bertz CT molecular complexity index is 174. The number of esters is 1. The lowest BCUT2D eigenvalue weighted by atomic mass is 10.2. The van der Waals surface area contributed by atoms with Crippen LogP contribution in [0.3, 0.4) is 0 Å². The van der Waals surface area contributed by atoms with E-state index in [1.807, 2.05) is 0 Å². The molecule has 0 aromatic heterocycles. The molecular weight excluding hydrogens is 152 g/mol. The van der Waals surface area contributed by atoms with E-state index in [1.54, 1.807) is 0 Å². The van der Waals surface area contributed by atoms with Crippen LogP contribution in [0.1, 0.15) is 6.42 Å². The summed E-state index contributed by atoms with van der Waals surface area (Å²) in [5, 5.41) is 8.31. The minimum Gasteiger partial charge on any atom is -0.481 e. The van der Waals surface area contributed by atoms with Crippen molar-refractivity contribution in [3.05, 3.63) is 0 Å². The van der Waals surface area contributed by atoms with Gasteiger partial charge in [-0.3, -0.25) is 4.79 Å². The maximum Gasteiger partial charge on any atom is 0.332 e. The summed E-state index contributed by atoms with van der Waals surface area (Å²) < 4.78 is 9.41. The molecule has 62 valence electrons. The lowest BCUT2D eigenvalue weighted by Crippen LogP contribution is -2.34. The molecule has 1 aliphatic rings. The van der Waals surface area contributed by atoms with Crippen LogP contribution in [0.25, 0.3) is 0 Å². The van der Waals surface area contributed by atoms with Gasteiger partial charge in [0, 0.05) is 0 Å². The van der Waals surface area contributed by atoms with Gasteiger partial charge in [0.25, 0.3) is 0 Å². The van der Waals surface area contributed by atoms with Crippen LogP contribution < -0.4 is 0 Å². The monoisotopic (exact) mass is 160 g/mol. The maximum atomic E-state index is 10.5. The van der Waals surface area contributed by atoms with E-state index in [0.717, 1.165) is 0 Å². The summed E-state index contributed by atoms with van der Waals surface area (Å²) in [6, 6.07) is 0. The zero-order chi connectivity index (χ0) is 8.27. The minimum absolute atomic E-state index is 0.0733. The summed E-state index contributed by atoms with van der Waals surface area (Å²) in [5.74, 6) is -1.49. The zero-order valence-electron chi connectivity index (χ0n) is 5.78. The summed E-state index contributed by atoms with van der Waals surface area (Å²) in [5.41, 5.74) is 0. The fraction of sp³-hybridized carbons (Fsp3) is 0.667. The van der Waals surface area contributed by atoms with Gasteiger partial charge in [-0.25, -0.2) is 4.79 Å². The molecule has 0 saturated carbocycles. The van der Waals surface area contributed by atoms with E-state index in [0.29, 0.717) is 0 Å². The smallest absolute Gasteiger partial charge is 0.332 e. The first-order valence-corrected chi connectivity index (χ1v) is 3.17. The molecule has 0 aromatic carbocycles. The maximum absolute atomic E-state index is 10.5. The molecule has 0 aromatic rings. The molecule has 5 nitrogen and oxygen atoms in total. The normalized spacial score (nSPS) is 24.4. The molecular formula is C6H8O5. The Balaban J connectivity index is 2.34. The average molecular weight is 160 g/mol. The SMILES string of the molecule is O=C(O)CC1COCC(=O)O1. The van der Waals surface area contributed by atoms with Crippen molar-refractivity contribution >= 4 is 11.9 Å². The number of carbonyl (C=O) groups excluding carboxylic acids is 1. The molecule has 1 aliphatic heterocycles. The summed E-state index contributed by atoms with van der Waals surface area (Å²) in [4.78, 5) is 20.6. The topological polar surface area (TPSA) is 72.8 Å². The molecule has 1 heterocycles. The van der Waals surface area contributed by atoms with Gasteiger partial charge < -0.3 is 14.6 Å². The number of cyclic esters (lactones) is 1. The fourth-order valence-electron chi connectivity index (χ4n) is 0.823. The van der Waals surface area contributed by atoms with E-state index in [4.69, 9.17) is 9.84 Å². The second-order valence-corrected chi connectivity index (χ2v) is 2.22. The molecule has 0 radical (unpaired) electrons. The molecule has 1 saturated heterocycles. The number of ether oxygens (including phenoxy) is 2. The van der Waals surface area contributed by atoms with Gasteiger partial charge in [-0.05, 0) is 0 Å². The van der Waals surface area contributed by atoms with E-state index in [-0.39, 0.29) is 19.6 Å². The third kappa shape index (κ3) is 2.55. The lowest BCUT2D eigenvalue weighted by Gasteiger charge is -2.20. The third-order valence-electron chi connectivity index (χ3n) is 1.22. The predicted molar refractivity (Wildman–Crippen MR) is 33.0 cm³/mol. The van der Waals surface area contributed by atoms with Crippen molar-refractivity contribution in [3.8, 4) is 0 Å². The Morgan fingerprint density at radius 1 is 1.73 bits per heavy atom. The molecule has 1 rings (SSSR count).